The number of hydrogen-bond donors (Lipinski definition) is 2. The summed E-state index contributed by atoms with van der Waals surface area (Å²) < 4.78 is 0. The van der Waals surface area contributed by atoms with Crippen LogP contribution in [0.1, 0.15) is 22.4 Å². The Balaban J connectivity index is 1.77. The lowest BCUT2D eigenvalue weighted by Gasteiger charge is -2.12. The molecule has 0 saturated carbocycles. The molecule has 3 aromatic rings. The standard InChI is InChI=1S/C20H21ClN4/c1-13-6-4-5-7-16(13)12-22-20-23-15(3)11-19(25-20)24-18-9-8-17(21)10-14(18)2/h4-11H,12H2,1-3H3,(H2,22,23,24,25). The van der Waals surface area contributed by atoms with Crippen LogP contribution in [0.3, 0.4) is 0 Å². The molecule has 0 unspecified atom stereocenters. The number of aromatic nitrogens is 2. The third kappa shape index (κ3) is 4.48. The van der Waals surface area contributed by atoms with E-state index in [1.807, 2.05) is 50.2 Å². The van der Waals surface area contributed by atoms with Crippen LogP contribution in [0.15, 0.2) is 48.5 Å². The first kappa shape index (κ1) is 17.2. The number of hydrogen-bond acceptors (Lipinski definition) is 4. The zero-order valence-electron chi connectivity index (χ0n) is 14.6. The van der Waals surface area contributed by atoms with Gasteiger partial charge in [-0.2, -0.15) is 4.98 Å². The summed E-state index contributed by atoms with van der Waals surface area (Å²) in [5.74, 6) is 1.36. The molecule has 0 bridgehead atoms. The molecule has 3 rings (SSSR count). The highest BCUT2D eigenvalue weighted by atomic mass is 35.5. The zero-order valence-corrected chi connectivity index (χ0v) is 15.4. The van der Waals surface area contributed by atoms with Crippen molar-refractivity contribution in [1.29, 1.82) is 0 Å². The molecule has 2 aromatic carbocycles. The molecule has 1 heterocycles. The first-order chi connectivity index (χ1) is 12.0. The Bertz CT molecular complexity index is 893. The zero-order chi connectivity index (χ0) is 17.8. The summed E-state index contributed by atoms with van der Waals surface area (Å²) in [5.41, 5.74) is 5.43. The molecule has 0 atom stereocenters. The van der Waals surface area contributed by atoms with Crippen LogP contribution in [0.25, 0.3) is 0 Å². The average molecular weight is 353 g/mol. The average Bonchev–Trinajstić information content (AvgIpc) is 2.56. The third-order valence-corrected chi connectivity index (χ3v) is 4.24. The van der Waals surface area contributed by atoms with Gasteiger partial charge in [0, 0.05) is 29.0 Å². The van der Waals surface area contributed by atoms with Crippen molar-refractivity contribution >= 4 is 29.1 Å². The second kappa shape index (κ2) is 7.53. The predicted octanol–water partition coefficient (Wildman–Crippen LogP) is 5.41. The number of rotatable bonds is 5. The summed E-state index contributed by atoms with van der Waals surface area (Å²) in [4.78, 5) is 9.04. The number of anilines is 3. The van der Waals surface area contributed by atoms with Gasteiger partial charge in [0.15, 0.2) is 0 Å². The lowest BCUT2D eigenvalue weighted by atomic mass is 10.1. The highest BCUT2D eigenvalue weighted by molar-refractivity contribution is 6.30. The van der Waals surface area contributed by atoms with Crippen molar-refractivity contribution in [3.63, 3.8) is 0 Å². The van der Waals surface area contributed by atoms with Crippen LogP contribution in [0, 0.1) is 20.8 Å². The van der Waals surface area contributed by atoms with Gasteiger partial charge in [-0.1, -0.05) is 35.9 Å². The lowest BCUT2D eigenvalue weighted by Crippen LogP contribution is -2.07. The molecule has 5 heteroatoms. The van der Waals surface area contributed by atoms with E-state index in [9.17, 15) is 0 Å². The molecule has 0 aliphatic heterocycles. The molecule has 25 heavy (non-hydrogen) atoms. The van der Waals surface area contributed by atoms with Crippen molar-refractivity contribution in [3.8, 4) is 0 Å². The van der Waals surface area contributed by atoms with Crippen LogP contribution in [0.5, 0.6) is 0 Å². The second-order valence-corrected chi connectivity index (χ2v) is 6.52. The molecular formula is C20H21ClN4. The number of aryl methyl sites for hydroxylation is 3. The quantitative estimate of drug-likeness (QED) is 0.644. The summed E-state index contributed by atoms with van der Waals surface area (Å²) in [6.07, 6.45) is 0. The van der Waals surface area contributed by atoms with Gasteiger partial charge in [-0.25, -0.2) is 4.98 Å². The monoisotopic (exact) mass is 352 g/mol. The van der Waals surface area contributed by atoms with Crippen LogP contribution in [-0.2, 0) is 6.54 Å². The highest BCUT2D eigenvalue weighted by Gasteiger charge is 2.06. The Hall–Kier alpha value is -2.59. The molecule has 128 valence electrons. The molecule has 0 aliphatic carbocycles. The van der Waals surface area contributed by atoms with Crippen LogP contribution < -0.4 is 10.6 Å². The predicted molar refractivity (Wildman–Crippen MR) is 105 cm³/mol. The Morgan fingerprint density at radius 2 is 1.72 bits per heavy atom. The second-order valence-electron chi connectivity index (χ2n) is 6.08. The molecule has 0 spiro atoms. The molecule has 2 N–H and O–H groups in total. The largest absolute Gasteiger partial charge is 0.350 e. The van der Waals surface area contributed by atoms with Crippen LogP contribution in [0.4, 0.5) is 17.5 Å². The summed E-state index contributed by atoms with van der Waals surface area (Å²) in [6, 6.07) is 16.0. The highest BCUT2D eigenvalue weighted by Crippen LogP contribution is 2.23. The van der Waals surface area contributed by atoms with E-state index in [4.69, 9.17) is 11.6 Å². The van der Waals surface area contributed by atoms with Crippen molar-refractivity contribution in [3.05, 3.63) is 75.9 Å². The van der Waals surface area contributed by atoms with Gasteiger partial charge < -0.3 is 10.6 Å². The van der Waals surface area contributed by atoms with E-state index in [0.717, 1.165) is 27.8 Å². The maximum absolute atomic E-state index is 6.02. The fraction of sp³-hybridized carbons (Fsp3) is 0.200. The SMILES string of the molecule is Cc1cc(Nc2ccc(Cl)cc2C)nc(NCc2ccccc2C)n1. The van der Waals surface area contributed by atoms with Gasteiger partial charge in [-0.15, -0.1) is 0 Å². The Morgan fingerprint density at radius 1 is 0.920 bits per heavy atom. The smallest absolute Gasteiger partial charge is 0.225 e. The van der Waals surface area contributed by atoms with Gasteiger partial charge in [-0.05, 0) is 55.7 Å². The fourth-order valence-electron chi connectivity index (χ4n) is 2.60. The minimum atomic E-state index is 0.609. The fourth-order valence-corrected chi connectivity index (χ4v) is 2.83. The normalized spacial score (nSPS) is 10.6. The summed E-state index contributed by atoms with van der Waals surface area (Å²) >= 11 is 6.02. The van der Waals surface area contributed by atoms with Crippen molar-refractivity contribution in [1.82, 2.24) is 9.97 Å². The van der Waals surface area contributed by atoms with E-state index in [2.05, 4.69) is 39.7 Å². The molecular weight excluding hydrogens is 332 g/mol. The maximum Gasteiger partial charge on any atom is 0.225 e. The third-order valence-electron chi connectivity index (χ3n) is 4.00. The molecule has 4 nitrogen and oxygen atoms in total. The van der Waals surface area contributed by atoms with Crippen molar-refractivity contribution in [2.45, 2.75) is 27.3 Å². The van der Waals surface area contributed by atoms with Gasteiger partial charge in [0.2, 0.25) is 5.95 Å². The summed E-state index contributed by atoms with van der Waals surface area (Å²) in [6.45, 7) is 6.76. The molecule has 0 aliphatic rings. The number of nitrogens with one attached hydrogen (secondary N) is 2. The summed E-state index contributed by atoms with van der Waals surface area (Å²) in [5, 5.41) is 7.37. The number of nitrogens with zero attached hydrogens (tertiary/aromatic N) is 2. The molecule has 0 fully saturated rings. The molecule has 0 saturated heterocycles. The Kier molecular flexibility index (Phi) is 5.19. The minimum absolute atomic E-state index is 0.609. The molecule has 0 amide bonds. The van der Waals surface area contributed by atoms with Crippen molar-refractivity contribution < 1.29 is 0 Å². The van der Waals surface area contributed by atoms with Gasteiger partial charge in [0.1, 0.15) is 5.82 Å². The van der Waals surface area contributed by atoms with Gasteiger partial charge in [0.05, 0.1) is 0 Å². The van der Waals surface area contributed by atoms with Gasteiger partial charge >= 0.3 is 0 Å². The maximum atomic E-state index is 6.02. The van der Waals surface area contributed by atoms with E-state index in [-0.39, 0.29) is 0 Å². The van der Waals surface area contributed by atoms with Crippen molar-refractivity contribution in [2.24, 2.45) is 0 Å². The van der Waals surface area contributed by atoms with E-state index in [1.165, 1.54) is 11.1 Å². The first-order valence-electron chi connectivity index (χ1n) is 8.18. The number of benzene rings is 2. The Labute approximate surface area is 153 Å². The van der Waals surface area contributed by atoms with Crippen LogP contribution >= 0.6 is 11.6 Å². The Morgan fingerprint density at radius 3 is 2.48 bits per heavy atom. The van der Waals surface area contributed by atoms with E-state index >= 15 is 0 Å². The van der Waals surface area contributed by atoms with E-state index in [0.29, 0.717) is 12.5 Å². The van der Waals surface area contributed by atoms with E-state index < -0.39 is 0 Å². The number of halogens is 1. The topological polar surface area (TPSA) is 49.8 Å². The van der Waals surface area contributed by atoms with Gasteiger partial charge in [-0.3, -0.25) is 0 Å². The minimum Gasteiger partial charge on any atom is -0.350 e. The van der Waals surface area contributed by atoms with Gasteiger partial charge in [0.25, 0.3) is 0 Å². The van der Waals surface area contributed by atoms with Crippen molar-refractivity contribution in [2.75, 3.05) is 10.6 Å². The lowest BCUT2D eigenvalue weighted by molar-refractivity contribution is 1.02. The first-order valence-corrected chi connectivity index (χ1v) is 8.56. The van der Waals surface area contributed by atoms with Crippen LogP contribution in [0.2, 0.25) is 5.02 Å². The summed E-state index contributed by atoms with van der Waals surface area (Å²) in [7, 11) is 0. The molecule has 1 aromatic heterocycles. The molecule has 0 radical (unpaired) electrons. The van der Waals surface area contributed by atoms with E-state index in [1.54, 1.807) is 0 Å². The van der Waals surface area contributed by atoms with Crippen LogP contribution in [-0.4, -0.2) is 9.97 Å².